The van der Waals surface area contributed by atoms with Gasteiger partial charge >= 0.3 is 0 Å². The third-order valence-corrected chi connectivity index (χ3v) is 3.12. The highest BCUT2D eigenvalue weighted by molar-refractivity contribution is 5.76. The number of aromatic hydroxyl groups is 1. The summed E-state index contributed by atoms with van der Waals surface area (Å²) in [6.07, 6.45) is 4.37. The Morgan fingerprint density at radius 2 is 2.21 bits per heavy atom. The standard InChI is InChI=1S/C14H15NO4/c16-10-3-4-12-13(6-10)19-11(8-18-12)7-15-14(17)5-9-1-2-9/h3-4,6,8-9,16H,1-2,5,7H2,(H,15,17). The molecule has 5 heteroatoms. The minimum atomic E-state index is 0.0358. The van der Waals surface area contributed by atoms with Crippen LogP contribution < -0.4 is 14.8 Å². The highest BCUT2D eigenvalue weighted by Gasteiger charge is 2.24. The van der Waals surface area contributed by atoms with Gasteiger partial charge in [0.1, 0.15) is 12.0 Å². The molecule has 3 rings (SSSR count). The van der Waals surface area contributed by atoms with Crippen molar-refractivity contribution in [3.63, 3.8) is 0 Å². The zero-order valence-electron chi connectivity index (χ0n) is 10.4. The Kier molecular flexibility index (Phi) is 3.03. The number of amides is 1. The number of hydrogen-bond donors (Lipinski definition) is 2. The van der Waals surface area contributed by atoms with Gasteiger partial charge in [-0.25, -0.2) is 0 Å². The molecule has 0 atom stereocenters. The van der Waals surface area contributed by atoms with Gasteiger partial charge in [0.15, 0.2) is 17.3 Å². The highest BCUT2D eigenvalue weighted by atomic mass is 16.6. The lowest BCUT2D eigenvalue weighted by molar-refractivity contribution is -0.121. The van der Waals surface area contributed by atoms with E-state index in [2.05, 4.69) is 5.32 Å². The second-order valence-electron chi connectivity index (χ2n) is 4.86. The molecule has 1 aliphatic heterocycles. The van der Waals surface area contributed by atoms with Crippen LogP contribution >= 0.6 is 0 Å². The Hall–Kier alpha value is -2.17. The number of ether oxygens (including phenoxy) is 2. The first-order chi connectivity index (χ1) is 9.20. The summed E-state index contributed by atoms with van der Waals surface area (Å²) >= 11 is 0. The zero-order chi connectivity index (χ0) is 13.2. The second kappa shape index (κ2) is 4.84. The SMILES string of the molecule is O=C(CC1CC1)NCC1=COc2ccc(O)cc2O1. The fourth-order valence-electron chi connectivity index (χ4n) is 1.89. The van der Waals surface area contributed by atoms with E-state index in [0.717, 1.165) is 12.8 Å². The van der Waals surface area contributed by atoms with Gasteiger partial charge in [-0.3, -0.25) is 4.79 Å². The maximum Gasteiger partial charge on any atom is 0.220 e. The van der Waals surface area contributed by atoms with E-state index < -0.39 is 0 Å². The van der Waals surface area contributed by atoms with E-state index in [-0.39, 0.29) is 11.7 Å². The number of hydrogen-bond acceptors (Lipinski definition) is 4. The first-order valence-electron chi connectivity index (χ1n) is 6.34. The van der Waals surface area contributed by atoms with Crippen LogP contribution in [0, 0.1) is 5.92 Å². The molecule has 1 saturated carbocycles. The predicted octanol–water partition coefficient (Wildman–Crippen LogP) is 1.92. The van der Waals surface area contributed by atoms with Gasteiger partial charge in [-0.1, -0.05) is 0 Å². The van der Waals surface area contributed by atoms with Crippen LogP contribution in [0.5, 0.6) is 17.2 Å². The average molecular weight is 261 g/mol. The van der Waals surface area contributed by atoms with Crippen LogP contribution in [0.2, 0.25) is 0 Å². The molecule has 2 aliphatic rings. The fourth-order valence-corrected chi connectivity index (χ4v) is 1.89. The Balaban J connectivity index is 1.55. The maximum absolute atomic E-state index is 11.6. The molecule has 5 nitrogen and oxygen atoms in total. The molecule has 100 valence electrons. The summed E-state index contributed by atoms with van der Waals surface area (Å²) in [5.41, 5.74) is 0. The van der Waals surface area contributed by atoms with Gasteiger partial charge in [-0.2, -0.15) is 0 Å². The number of nitrogens with one attached hydrogen (secondary N) is 1. The minimum Gasteiger partial charge on any atom is -0.508 e. The zero-order valence-corrected chi connectivity index (χ0v) is 10.4. The van der Waals surface area contributed by atoms with Gasteiger partial charge in [0, 0.05) is 12.5 Å². The van der Waals surface area contributed by atoms with Crippen LogP contribution in [0.3, 0.4) is 0 Å². The van der Waals surface area contributed by atoms with Crippen molar-refractivity contribution in [1.82, 2.24) is 5.32 Å². The summed E-state index contributed by atoms with van der Waals surface area (Å²) in [5, 5.41) is 12.2. The van der Waals surface area contributed by atoms with Gasteiger partial charge in [0.05, 0.1) is 6.54 Å². The molecule has 0 spiro atoms. The summed E-state index contributed by atoms with van der Waals surface area (Å²) in [7, 11) is 0. The van der Waals surface area contributed by atoms with E-state index in [9.17, 15) is 9.90 Å². The van der Waals surface area contributed by atoms with E-state index in [1.807, 2.05) is 0 Å². The van der Waals surface area contributed by atoms with E-state index in [1.54, 1.807) is 6.07 Å². The van der Waals surface area contributed by atoms with Crippen molar-refractivity contribution >= 4 is 5.91 Å². The minimum absolute atomic E-state index is 0.0358. The first-order valence-corrected chi connectivity index (χ1v) is 6.34. The summed E-state index contributed by atoms with van der Waals surface area (Å²) in [6.45, 7) is 0.292. The molecule has 0 unspecified atom stereocenters. The van der Waals surface area contributed by atoms with E-state index in [0.29, 0.717) is 36.1 Å². The normalized spacial score (nSPS) is 16.7. The van der Waals surface area contributed by atoms with Gasteiger partial charge < -0.3 is 19.9 Å². The summed E-state index contributed by atoms with van der Waals surface area (Å²) < 4.78 is 10.9. The van der Waals surface area contributed by atoms with Crippen molar-refractivity contribution in [1.29, 1.82) is 0 Å². The molecule has 19 heavy (non-hydrogen) atoms. The van der Waals surface area contributed by atoms with E-state index in [1.165, 1.54) is 18.4 Å². The van der Waals surface area contributed by atoms with E-state index in [4.69, 9.17) is 9.47 Å². The van der Waals surface area contributed by atoms with Crippen LogP contribution in [0.4, 0.5) is 0 Å². The number of rotatable bonds is 4. The molecule has 1 aliphatic carbocycles. The second-order valence-corrected chi connectivity index (χ2v) is 4.86. The lowest BCUT2D eigenvalue weighted by Crippen LogP contribution is -2.28. The quantitative estimate of drug-likeness (QED) is 0.869. The monoisotopic (exact) mass is 261 g/mol. The molecule has 0 radical (unpaired) electrons. The maximum atomic E-state index is 11.6. The Labute approximate surface area is 110 Å². The number of carbonyl (C=O) groups excluding carboxylic acids is 1. The topological polar surface area (TPSA) is 67.8 Å². The molecule has 0 aromatic heterocycles. The molecule has 1 aromatic rings. The molecule has 2 N–H and O–H groups in total. The van der Waals surface area contributed by atoms with Crippen molar-refractivity contribution in [2.24, 2.45) is 5.92 Å². The third-order valence-electron chi connectivity index (χ3n) is 3.12. The summed E-state index contributed by atoms with van der Waals surface area (Å²) in [5.74, 6) is 2.23. The lowest BCUT2D eigenvalue weighted by Gasteiger charge is -2.18. The number of phenols is 1. The van der Waals surface area contributed by atoms with E-state index >= 15 is 0 Å². The van der Waals surface area contributed by atoms with Crippen LogP contribution in [-0.4, -0.2) is 17.6 Å². The molecule has 0 saturated heterocycles. The molecule has 1 fully saturated rings. The summed E-state index contributed by atoms with van der Waals surface area (Å²) in [6, 6.07) is 4.64. The van der Waals surface area contributed by atoms with Crippen LogP contribution in [0.25, 0.3) is 0 Å². The van der Waals surface area contributed by atoms with Crippen molar-refractivity contribution in [3.05, 3.63) is 30.2 Å². The van der Waals surface area contributed by atoms with Crippen LogP contribution in [-0.2, 0) is 4.79 Å². The first kappa shape index (κ1) is 11.9. The number of phenolic OH excluding ortho intramolecular Hbond substituents is 1. The lowest BCUT2D eigenvalue weighted by atomic mass is 10.2. The number of carbonyl (C=O) groups is 1. The summed E-state index contributed by atoms with van der Waals surface area (Å²) in [4.78, 5) is 11.6. The molecule has 1 aromatic carbocycles. The van der Waals surface area contributed by atoms with Gasteiger partial charge in [-0.05, 0) is 30.9 Å². The molecule has 0 bridgehead atoms. The van der Waals surface area contributed by atoms with Gasteiger partial charge in [0.25, 0.3) is 0 Å². The van der Waals surface area contributed by atoms with Gasteiger partial charge in [0.2, 0.25) is 5.91 Å². The largest absolute Gasteiger partial charge is 0.508 e. The average Bonchev–Trinajstić information content (AvgIpc) is 3.19. The van der Waals surface area contributed by atoms with Gasteiger partial charge in [-0.15, -0.1) is 0 Å². The number of benzene rings is 1. The highest BCUT2D eigenvalue weighted by Crippen LogP contribution is 2.35. The van der Waals surface area contributed by atoms with Crippen molar-refractivity contribution < 1.29 is 19.4 Å². The molecular formula is C14H15NO4. The Bertz CT molecular complexity index is 534. The fraction of sp³-hybridized carbons (Fsp3) is 0.357. The Morgan fingerprint density at radius 3 is 3.00 bits per heavy atom. The van der Waals surface area contributed by atoms with Crippen molar-refractivity contribution in [2.75, 3.05) is 6.54 Å². The van der Waals surface area contributed by atoms with Crippen LogP contribution in [0.1, 0.15) is 19.3 Å². The smallest absolute Gasteiger partial charge is 0.220 e. The third kappa shape index (κ3) is 2.99. The van der Waals surface area contributed by atoms with Crippen molar-refractivity contribution in [3.8, 4) is 17.2 Å². The molecule has 1 heterocycles. The van der Waals surface area contributed by atoms with Crippen LogP contribution in [0.15, 0.2) is 30.2 Å². The molecule has 1 amide bonds. The number of fused-ring (bicyclic) bond motifs is 1. The van der Waals surface area contributed by atoms with Crippen molar-refractivity contribution in [2.45, 2.75) is 19.3 Å². The predicted molar refractivity (Wildman–Crippen MR) is 67.8 cm³/mol. The molecular weight excluding hydrogens is 246 g/mol. The Morgan fingerprint density at radius 1 is 1.37 bits per heavy atom.